The Morgan fingerprint density at radius 1 is 1.07 bits per heavy atom. The first-order valence-corrected chi connectivity index (χ1v) is 9.18. The number of ether oxygens (including phenoxy) is 2. The molecule has 0 radical (unpaired) electrons. The number of aromatic amines is 1. The van der Waals surface area contributed by atoms with Crippen LogP contribution in [-0.2, 0) is 0 Å². The number of benzene rings is 2. The molecule has 3 heterocycles. The number of halogens is 1. The van der Waals surface area contributed by atoms with Crippen LogP contribution in [0.2, 0.25) is 0 Å². The van der Waals surface area contributed by atoms with Gasteiger partial charge in [0.05, 0.1) is 6.04 Å². The van der Waals surface area contributed by atoms with Gasteiger partial charge in [-0.25, -0.2) is 4.39 Å². The number of amides is 1. The Morgan fingerprint density at radius 3 is 2.81 bits per heavy atom. The standard InChI is InChI=1S/C21H19FN2O3/c22-15-4-5-16-14(10-15)11-17(23-16)21(25)24-7-1-2-18(24)13-3-6-19-20(12-13)27-9-8-26-19/h3-6,10-12,18,23H,1-2,7-9H2. The molecular formula is C21H19FN2O3. The molecule has 1 N–H and O–H groups in total. The summed E-state index contributed by atoms with van der Waals surface area (Å²) in [4.78, 5) is 18.1. The first-order valence-electron chi connectivity index (χ1n) is 9.18. The van der Waals surface area contributed by atoms with E-state index in [9.17, 15) is 9.18 Å². The van der Waals surface area contributed by atoms with E-state index in [2.05, 4.69) is 4.98 Å². The van der Waals surface area contributed by atoms with Gasteiger partial charge in [0.15, 0.2) is 11.5 Å². The molecule has 5 nitrogen and oxygen atoms in total. The number of hydrogen-bond donors (Lipinski definition) is 1. The molecule has 27 heavy (non-hydrogen) atoms. The van der Waals surface area contributed by atoms with E-state index in [0.717, 1.165) is 35.4 Å². The highest BCUT2D eigenvalue weighted by Gasteiger charge is 2.32. The SMILES string of the molecule is O=C(c1cc2cc(F)ccc2[nH]1)N1CCCC1c1ccc2c(c1)OCCO2. The van der Waals surface area contributed by atoms with Crippen molar-refractivity contribution in [2.75, 3.05) is 19.8 Å². The number of nitrogens with zero attached hydrogens (tertiary/aromatic N) is 1. The van der Waals surface area contributed by atoms with Crippen molar-refractivity contribution in [3.8, 4) is 11.5 Å². The molecular weight excluding hydrogens is 347 g/mol. The number of aromatic nitrogens is 1. The molecule has 138 valence electrons. The summed E-state index contributed by atoms with van der Waals surface area (Å²) in [5.74, 6) is 1.11. The molecule has 0 saturated carbocycles. The van der Waals surface area contributed by atoms with E-state index in [4.69, 9.17) is 9.47 Å². The van der Waals surface area contributed by atoms with Crippen LogP contribution in [0, 0.1) is 5.82 Å². The van der Waals surface area contributed by atoms with Gasteiger partial charge in [0.1, 0.15) is 24.7 Å². The van der Waals surface area contributed by atoms with Crippen LogP contribution in [0.25, 0.3) is 10.9 Å². The number of nitrogens with one attached hydrogen (secondary N) is 1. The Balaban J connectivity index is 1.45. The first kappa shape index (κ1) is 16.2. The largest absolute Gasteiger partial charge is 0.486 e. The predicted molar refractivity (Wildman–Crippen MR) is 98.7 cm³/mol. The fraction of sp³-hybridized carbons (Fsp3) is 0.286. The highest BCUT2D eigenvalue weighted by molar-refractivity contribution is 5.98. The average Bonchev–Trinajstić information content (AvgIpc) is 3.33. The number of fused-ring (bicyclic) bond motifs is 2. The van der Waals surface area contributed by atoms with Gasteiger partial charge >= 0.3 is 0 Å². The van der Waals surface area contributed by atoms with E-state index in [1.807, 2.05) is 23.1 Å². The fourth-order valence-corrected chi connectivity index (χ4v) is 4.00. The van der Waals surface area contributed by atoms with Gasteiger partial charge in [0, 0.05) is 17.4 Å². The van der Waals surface area contributed by atoms with Crippen molar-refractivity contribution < 1.29 is 18.7 Å². The first-order chi connectivity index (χ1) is 13.2. The van der Waals surface area contributed by atoms with Crippen molar-refractivity contribution in [2.24, 2.45) is 0 Å². The molecule has 0 bridgehead atoms. The highest BCUT2D eigenvalue weighted by atomic mass is 19.1. The summed E-state index contributed by atoms with van der Waals surface area (Å²) >= 11 is 0. The molecule has 1 unspecified atom stereocenters. The highest BCUT2D eigenvalue weighted by Crippen LogP contribution is 2.38. The predicted octanol–water partition coefficient (Wildman–Crippen LogP) is 4.06. The Morgan fingerprint density at radius 2 is 1.93 bits per heavy atom. The Labute approximate surface area is 155 Å². The molecule has 2 aliphatic heterocycles. The Bertz CT molecular complexity index is 1030. The van der Waals surface area contributed by atoms with Gasteiger partial charge in [-0.3, -0.25) is 4.79 Å². The molecule has 5 rings (SSSR count). The third kappa shape index (κ3) is 2.81. The van der Waals surface area contributed by atoms with Gasteiger partial charge in [-0.15, -0.1) is 0 Å². The molecule has 1 fully saturated rings. The number of rotatable bonds is 2. The topological polar surface area (TPSA) is 54.6 Å². The maximum atomic E-state index is 13.4. The monoisotopic (exact) mass is 366 g/mol. The number of H-pyrrole nitrogens is 1. The molecule has 2 aromatic carbocycles. The van der Waals surface area contributed by atoms with Crippen molar-refractivity contribution in [3.05, 3.63) is 59.5 Å². The molecule has 1 atom stereocenters. The van der Waals surface area contributed by atoms with Gasteiger partial charge in [-0.05, 0) is 54.8 Å². The molecule has 0 spiro atoms. The zero-order valence-electron chi connectivity index (χ0n) is 14.7. The quantitative estimate of drug-likeness (QED) is 0.744. The third-order valence-electron chi connectivity index (χ3n) is 5.28. The van der Waals surface area contributed by atoms with Crippen molar-refractivity contribution in [1.82, 2.24) is 9.88 Å². The molecule has 3 aromatic rings. The van der Waals surface area contributed by atoms with Gasteiger partial charge in [0.2, 0.25) is 0 Å². The van der Waals surface area contributed by atoms with Crippen LogP contribution in [0.4, 0.5) is 4.39 Å². The summed E-state index contributed by atoms with van der Waals surface area (Å²) in [6.07, 6.45) is 1.85. The van der Waals surface area contributed by atoms with Crippen molar-refractivity contribution in [3.63, 3.8) is 0 Å². The molecule has 6 heteroatoms. The van der Waals surface area contributed by atoms with Crippen LogP contribution in [0.1, 0.15) is 34.9 Å². The van der Waals surface area contributed by atoms with Crippen molar-refractivity contribution in [2.45, 2.75) is 18.9 Å². The van der Waals surface area contributed by atoms with Crippen LogP contribution < -0.4 is 9.47 Å². The van der Waals surface area contributed by atoms with Crippen LogP contribution in [-0.4, -0.2) is 35.5 Å². The fourth-order valence-electron chi connectivity index (χ4n) is 4.00. The minimum atomic E-state index is -0.309. The van der Waals surface area contributed by atoms with Crippen molar-refractivity contribution >= 4 is 16.8 Å². The van der Waals surface area contributed by atoms with E-state index >= 15 is 0 Å². The number of carbonyl (C=O) groups excluding carboxylic acids is 1. The summed E-state index contributed by atoms with van der Waals surface area (Å²) < 4.78 is 24.7. The maximum Gasteiger partial charge on any atom is 0.270 e. The smallest absolute Gasteiger partial charge is 0.270 e. The van der Waals surface area contributed by atoms with E-state index in [1.54, 1.807) is 12.1 Å². The molecule has 1 aromatic heterocycles. The van der Waals surface area contributed by atoms with Crippen LogP contribution in [0.5, 0.6) is 11.5 Å². The molecule has 1 saturated heterocycles. The molecule has 1 amide bonds. The van der Waals surface area contributed by atoms with Crippen LogP contribution in [0.3, 0.4) is 0 Å². The van der Waals surface area contributed by atoms with Gasteiger partial charge in [-0.2, -0.15) is 0 Å². The minimum Gasteiger partial charge on any atom is -0.486 e. The molecule has 0 aliphatic carbocycles. The summed E-state index contributed by atoms with van der Waals surface area (Å²) in [5, 5.41) is 0.702. The zero-order valence-corrected chi connectivity index (χ0v) is 14.7. The van der Waals surface area contributed by atoms with Crippen LogP contribution >= 0.6 is 0 Å². The lowest BCUT2D eigenvalue weighted by molar-refractivity contribution is 0.0730. The lowest BCUT2D eigenvalue weighted by Gasteiger charge is -2.26. The summed E-state index contributed by atoms with van der Waals surface area (Å²) in [6, 6.07) is 12.1. The summed E-state index contributed by atoms with van der Waals surface area (Å²) in [7, 11) is 0. The van der Waals surface area contributed by atoms with Crippen LogP contribution in [0.15, 0.2) is 42.5 Å². The van der Waals surface area contributed by atoms with Crippen molar-refractivity contribution in [1.29, 1.82) is 0 Å². The number of hydrogen-bond acceptors (Lipinski definition) is 3. The maximum absolute atomic E-state index is 13.4. The lowest BCUT2D eigenvalue weighted by atomic mass is 10.0. The number of likely N-dealkylation sites (tertiary alicyclic amines) is 1. The second-order valence-electron chi connectivity index (χ2n) is 6.97. The van der Waals surface area contributed by atoms with Gasteiger partial charge in [-0.1, -0.05) is 6.07 Å². The third-order valence-corrected chi connectivity index (χ3v) is 5.28. The summed E-state index contributed by atoms with van der Waals surface area (Å²) in [6.45, 7) is 1.79. The Hall–Kier alpha value is -3.02. The normalized spacial score (nSPS) is 18.9. The van der Waals surface area contributed by atoms with E-state index < -0.39 is 0 Å². The Kier molecular flexibility index (Phi) is 3.77. The second-order valence-corrected chi connectivity index (χ2v) is 6.97. The number of carbonyl (C=O) groups is 1. The van der Waals surface area contributed by atoms with E-state index in [0.29, 0.717) is 30.8 Å². The average molecular weight is 366 g/mol. The zero-order chi connectivity index (χ0) is 18.4. The molecule has 2 aliphatic rings. The second kappa shape index (κ2) is 6.30. The van der Waals surface area contributed by atoms with E-state index in [1.165, 1.54) is 12.1 Å². The van der Waals surface area contributed by atoms with Gasteiger partial charge < -0.3 is 19.4 Å². The van der Waals surface area contributed by atoms with E-state index in [-0.39, 0.29) is 17.8 Å². The lowest BCUT2D eigenvalue weighted by Crippen LogP contribution is -2.30. The summed E-state index contributed by atoms with van der Waals surface area (Å²) in [5.41, 5.74) is 2.29. The van der Waals surface area contributed by atoms with Gasteiger partial charge in [0.25, 0.3) is 5.91 Å². The minimum absolute atomic E-state index is 0.00326.